The van der Waals surface area contributed by atoms with Crippen LogP contribution in [0.5, 0.6) is 0 Å². The van der Waals surface area contributed by atoms with E-state index >= 15 is 0 Å². The quantitative estimate of drug-likeness (QED) is 0.914. The summed E-state index contributed by atoms with van der Waals surface area (Å²) in [6.07, 6.45) is 4.13. The van der Waals surface area contributed by atoms with Crippen LogP contribution >= 0.6 is 0 Å². The fraction of sp³-hybridized carbons (Fsp3) is 0.706. The van der Waals surface area contributed by atoms with Gasteiger partial charge in [-0.3, -0.25) is 9.88 Å². The van der Waals surface area contributed by atoms with E-state index in [-0.39, 0.29) is 0 Å². The molecule has 1 saturated heterocycles. The van der Waals surface area contributed by atoms with Gasteiger partial charge in [0.25, 0.3) is 0 Å². The van der Waals surface area contributed by atoms with Crippen molar-refractivity contribution in [2.45, 2.75) is 65.1 Å². The Kier molecular flexibility index (Phi) is 3.83. The van der Waals surface area contributed by atoms with E-state index in [0.717, 1.165) is 11.7 Å². The van der Waals surface area contributed by atoms with Crippen molar-refractivity contribution >= 4 is 0 Å². The van der Waals surface area contributed by atoms with E-state index in [0.29, 0.717) is 12.1 Å². The molecule has 2 aliphatic rings. The number of hydrogen-bond donors (Lipinski definition) is 1. The minimum Gasteiger partial charge on any atom is -0.306 e. The monoisotopic (exact) mass is 273 g/mol. The Bertz CT molecular complexity index is 470. The molecule has 1 aromatic rings. The van der Waals surface area contributed by atoms with Crippen LogP contribution in [0.2, 0.25) is 0 Å². The first-order valence-electron chi connectivity index (χ1n) is 7.99. The molecule has 0 spiro atoms. The fourth-order valence-corrected chi connectivity index (χ4v) is 3.82. The molecule has 1 N–H and O–H groups in total. The highest BCUT2D eigenvalue weighted by atomic mass is 15.2. The van der Waals surface area contributed by atoms with Gasteiger partial charge in [0.15, 0.2) is 0 Å². The SMILES string of the molecule is Cc1cc(C)c(C(C)NC2CCN(C3CC3)C2)c(C)n1. The van der Waals surface area contributed by atoms with Crippen LogP contribution in [0.4, 0.5) is 0 Å². The molecule has 110 valence electrons. The van der Waals surface area contributed by atoms with Crippen molar-refractivity contribution < 1.29 is 0 Å². The van der Waals surface area contributed by atoms with Crippen LogP contribution in [0, 0.1) is 20.8 Å². The van der Waals surface area contributed by atoms with Gasteiger partial charge in [0.05, 0.1) is 0 Å². The van der Waals surface area contributed by atoms with E-state index in [1.54, 1.807) is 0 Å². The van der Waals surface area contributed by atoms with Gasteiger partial charge in [0.1, 0.15) is 0 Å². The highest BCUT2D eigenvalue weighted by molar-refractivity contribution is 5.33. The third kappa shape index (κ3) is 2.89. The smallest absolute Gasteiger partial charge is 0.0426 e. The summed E-state index contributed by atoms with van der Waals surface area (Å²) in [5, 5.41) is 3.83. The summed E-state index contributed by atoms with van der Waals surface area (Å²) in [5.74, 6) is 0. The van der Waals surface area contributed by atoms with E-state index < -0.39 is 0 Å². The normalized spacial score (nSPS) is 25.1. The molecule has 2 heterocycles. The first kappa shape index (κ1) is 14.0. The molecule has 0 amide bonds. The maximum Gasteiger partial charge on any atom is 0.0426 e. The molecule has 1 aromatic heterocycles. The van der Waals surface area contributed by atoms with Crippen molar-refractivity contribution in [3.05, 3.63) is 28.6 Å². The first-order chi connectivity index (χ1) is 9.54. The summed E-state index contributed by atoms with van der Waals surface area (Å²) >= 11 is 0. The summed E-state index contributed by atoms with van der Waals surface area (Å²) in [5.41, 5.74) is 5.06. The zero-order valence-corrected chi connectivity index (χ0v) is 13.2. The lowest BCUT2D eigenvalue weighted by Gasteiger charge is -2.23. The lowest BCUT2D eigenvalue weighted by atomic mass is 9.99. The summed E-state index contributed by atoms with van der Waals surface area (Å²) in [4.78, 5) is 7.30. The van der Waals surface area contributed by atoms with E-state index in [1.165, 1.54) is 49.2 Å². The Morgan fingerprint density at radius 2 is 2.00 bits per heavy atom. The zero-order valence-electron chi connectivity index (χ0n) is 13.2. The molecule has 2 unspecified atom stereocenters. The highest BCUT2D eigenvalue weighted by Crippen LogP contribution is 2.30. The Balaban J connectivity index is 1.66. The van der Waals surface area contributed by atoms with Crippen LogP contribution in [0.25, 0.3) is 0 Å². The largest absolute Gasteiger partial charge is 0.306 e. The van der Waals surface area contributed by atoms with Crippen LogP contribution in [0.1, 0.15) is 54.7 Å². The Hall–Kier alpha value is -0.930. The number of nitrogens with one attached hydrogen (secondary N) is 1. The number of rotatable bonds is 4. The number of likely N-dealkylation sites (tertiary alicyclic amines) is 1. The molecular formula is C17H27N3. The van der Waals surface area contributed by atoms with Gasteiger partial charge < -0.3 is 5.32 Å². The van der Waals surface area contributed by atoms with Crippen LogP contribution in [0.3, 0.4) is 0 Å². The van der Waals surface area contributed by atoms with Gasteiger partial charge >= 0.3 is 0 Å². The number of pyridine rings is 1. The van der Waals surface area contributed by atoms with Gasteiger partial charge in [-0.05, 0) is 64.2 Å². The molecule has 1 aliphatic carbocycles. The van der Waals surface area contributed by atoms with Gasteiger partial charge in [-0.25, -0.2) is 0 Å². The van der Waals surface area contributed by atoms with Crippen molar-refractivity contribution in [1.82, 2.24) is 15.2 Å². The summed E-state index contributed by atoms with van der Waals surface area (Å²) in [6, 6.07) is 4.14. The summed E-state index contributed by atoms with van der Waals surface area (Å²) in [6.45, 7) is 11.2. The molecule has 20 heavy (non-hydrogen) atoms. The van der Waals surface area contributed by atoms with Crippen LogP contribution in [-0.4, -0.2) is 35.1 Å². The summed E-state index contributed by atoms with van der Waals surface area (Å²) in [7, 11) is 0. The minimum absolute atomic E-state index is 0.396. The third-order valence-corrected chi connectivity index (χ3v) is 4.79. The average Bonchev–Trinajstić information content (AvgIpc) is 3.09. The maximum atomic E-state index is 4.63. The van der Waals surface area contributed by atoms with E-state index in [9.17, 15) is 0 Å². The van der Waals surface area contributed by atoms with E-state index in [4.69, 9.17) is 0 Å². The van der Waals surface area contributed by atoms with Gasteiger partial charge in [-0.1, -0.05) is 0 Å². The number of hydrogen-bond acceptors (Lipinski definition) is 3. The lowest BCUT2D eigenvalue weighted by Crippen LogP contribution is -2.35. The van der Waals surface area contributed by atoms with Crippen molar-refractivity contribution in [3.63, 3.8) is 0 Å². The van der Waals surface area contributed by atoms with Gasteiger partial charge in [-0.15, -0.1) is 0 Å². The predicted molar refractivity (Wildman–Crippen MR) is 83.0 cm³/mol. The number of aryl methyl sites for hydroxylation is 3. The number of nitrogens with zero attached hydrogens (tertiary/aromatic N) is 2. The molecule has 3 nitrogen and oxygen atoms in total. The predicted octanol–water partition coefficient (Wildman–Crippen LogP) is 2.89. The van der Waals surface area contributed by atoms with E-state index in [1.807, 2.05) is 0 Å². The van der Waals surface area contributed by atoms with Crippen molar-refractivity contribution in [2.24, 2.45) is 0 Å². The molecule has 3 rings (SSSR count). The molecule has 1 saturated carbocycles. The van der Waals surface area contributed by atoms with Gasteiger partial charge in [0, 0.05) is 42.6 Å². The van der Waals surface area contributed by atoms with Crippen LogP contribution < -0.4 is 5.32 Å². The van der Waals surface area contributed by atoms with E-state index in [2.05, 4.69) is 49.0 Å². The molecule has 2 atom stereocenters. The van der Waals surface area contributed by atoms with Crippen LogP contribution in [0.15, 0.2) is 6.07 Å². The zero-order chi connectivity index (χ0) is 14.3. The van der Waals surface area contributed by atoms with Gasteiger partial charge in [0.2, 0.25) is 0 Å². The molecule has 2 fully saturated rings. The minimum atomic E-state index is 0.396. The third-order valence-electron chi connectivity index (χ3n) is 4.79. The standard InChI is InChI=1S/C17H27N3/c1-11-9-12(2)18-13(3)17(11)14(4)19-15-7-8-20(10-15)16-5-6-16/h9,14-16,19H,5-8,10H2,1-4H3. The maximum absolute atomic E-state index is 4.63. The van der Waals surface area contributed by atoms with Crippen molar-refractivity contribution in [3.8, 4) is 0 Å². The van der Waals surface area contributed by atoms with Crippen molar-refractivity contribution in [2.75, 3.05) is 13.1 Å². The molecule has 0 aromatic carbocycles. The molecular weight excluding hydrogens is 246 g/mol. The van der Waals surface area contributed by atoms with Crippen LogP contribution in [-0.2, 0) is 0 Å². The molecule has 0 radical (unpaired) electrons. The second-order valence-electron chi connectivity index (χ2n) is 6.68. The molecule has 3 heteroatoms. The Morgan fingerprint density at radius 1 is 1.25 bits per heavy atom. The first-order valence-corrected chi connectivity index (χ1v) is 7.99. The number of aromatic nitrogens is 1. The summed E-state index contributed by atoms with van der Waals surface area (Å²) < 4.78 is 0. The fourth-order valence-electron chi connectivity index (χ4n) is 3.82. The van der Waals surface area contributed by atoms with Crippen molar-refractivity contribution in [1.29, 1.82) is 0 Å². The Morgan fingerprint density at radius 3 is 2.65 bits per heavy atom. The molecule has 0 bridgehead atoms. The second kappa shape index (κ2) is 5.45. The lowest BCUT2D eigenvalue weighted by molar-refractivity contribution is 0.313. The Labute approximate surface area is 122 Å². The average molecular weight is 273 g/mol. The van der Waals surface area contributed by atoms with Gasteiger partial charge in [-0.2, -0.15) is 0 Å². The molecule has 1 aliphatic heterocycles. The topological polar surface area (TPSA) is 28.2 Å². The second-order valence-corrected chi connectivity index (χ2v) is 6.68. The highest BCUT2D eigenvalue weighted by Gasteiger charge is 2.34.